The van der Waals surface area contributed by atoms with E-state index < -0.39 is 0 Å². The molecule has 0 aromatic carbocycles. The van der Waals surface area contributed by atoms with E-state index in [1.165, 1.54) is 32.1 Å². The van der Waals surface area contributed by atoms with E-state index in [1.807, 2.05) is 0 Å². The minimum atomic E-state index is -0.0413. The summed E-state index contributed by atoms with van der Waals surface area (Å²) >= 11 is 0. The van der Waals surface area contributed by atoms with Gasteiger partial charge in [0.25, 0.3) is 0 Å². The van der Waals surface area contributed by atoms with Crippen LogP contribution in [0.15, 0.2) is 0 Å². The van der Waals surface area contributed by atoms with Gasteiger partial charge >= 0.3 is 0 Å². The van der Waals surface area contributed by atoms with Crippen LogP contribution in [0.4, 0.5) is 0 Å². The van der Waals surface area contributed by atoms with Gasteiger partial charge in [-0.25, -0.2) is 0 Å². The van der Waals surface area contributed by atoms with Gasteiger partial charge in [-0.15, -0.1) is 0 Å². The molecule has 3 unspecified atom stereocenters. The third kappa shape index (κ3) is 2.23. The normalized spacial score (nSPS) is 41.8. The fraction of sp³-hybridized carbons (Fsp3) is 1.00. The van der Waals surface area contributed by atoms with E-state index >= 15 is 0 Å². The monoisotopic (exact) mass is 184 g/mol. The summed E-state index contributed by atoms with van der Waals surface area (Å²) in [6.45, 7) is 1.82. The van der Waals surface area contributed by atoms with Gasteiger partial charge in [-0.05, 0) is 37.5 Å². The maximum atomic E-state index is 9.87. The standard InChI is InChI=1S/C11H20O2/c12-11-6-2-1-5-10(11)9-4-3-7-13-8-9/h9-12H,1-8H2. The summed E-state index contributed by atoms with van der Waals surface area (Å²) in [7, 11) is 0. The first-order valence-corrected chi connectivity index (χ1v) is 5.64. The quantitative estimate of drug-likeness (QED) is 0.675. The maximum absolute atomic E-state index is 9.87. The van der Waals surface area contributed by atoms with Crippen molar-refractivity contribution in [3.05, 3.63) is 0 Å². The molecule has 76 valence electrons. The van der Waals surface area contributed by atoms with Gasteiger partial charge < -0.3 is 9.84 Å². The van der Waals surface area contributed by atoms with Crippen LogP contribution in [0, 0.1) is 11.8 Å². The van der Waals surface area contributed by atoms with Crippen LogP contribution in [0.2, 0.25) is 0 Å². The summed E-state index contributed by atoms with van der Waals surface area (Å²) < 4.78 is 5.47. The summed E-state index contributed by atoms with van der Waals surface area (Å²) in [4.78, 5) is 0. The van der Waals surface area contributed by atoms with E-state index in [9.17, 15) is 5.11 Å². The molecule has 1 saturated heterocycles. The molecule has 13 heavy (non-hydrogen) atoms. The van der Waals surface area contributed by atoms with Crippen LogP contribution in [-0.4, -0.2) is 24.4 Å². The summed E-state index contributed by atoms with van der Waals surface area (Å²) in [5, 5.41) is 9.87. The number of hydrogen-bond acceptors (Lipinski definition) is 2. The molecule has 2 nitrogen and oxygen atoms in total. The number of aliphatic hydroxyl groups excluding tert-OH is 1. The average Bonchev–Trinajstić information content (AvgIpc) is 2.20. The first-order valence-electron chi connectivity index (χ1n) is 5.64. The molecule has 2 heteroatoms. The summed E-state index contributed by atoms with van der Waals surface area (Å²) in [5.74, 6) is 1.18. The van der Waals surface area contributed by atoms with E-state index in [0.717, 1.165) is 19.6 Å². The predicted octanol–water partition coefficient (Wildman–Crippen LogP) is 1.96. The Balaban J connectivity index is 1.88. The van der Waals surface area contributed by atoms with Crippen molar-refractivity contribution >= 4 is 0 Å². The van der Waals surface area contributed by atoms with Crippen LogP contribution in [0.5, 0.6) is 0 Å². The van der Waals surface area contributed by atoms with Crippen LogP contribution < -0.4 is 0 Å². The van der Waals surface area contributed by atoms with Gasteiger partial charge in [0.1, 0.15) is 0 Å². The zero-order chi connectivity index (χ0) is 9.10. The molecule has 1 N–H and O–H groups in total. The van der Waals surface area contributed by atoms with Crippen LogP contribution in [-0.2, 0) is 4.74 Å². The van der Waals surface area contributed by atoms with Crippen LogP contribution >= 0.6 is 0 Å². The molecule has 0 aromatic rings. The highest BCUT2D eigenvalue weighted by Crippen LogP contribution is 2.34. The highest BCUT2D eigenvalue weighted by molar-refractivity contribution is 4.81. The third-order valence-corrected chi connectivity index (χ3v) is 3.58. The lowest BCUT2D eigenvalue weighted by Gasteiger charge is -2.36. The molecular weight excluding hydrogens is 164 g/mol. The zero-order valence-corrected chi connectivity index (χ0v) is 8.24. The minimum Gasteiger partial charge on any atom is -0.393 e. The van der Waals surface area contributed by atoms with E-state index in [-0.39, 0.29) is 6.10 Å². The Morgan fingerprint density at radius 3 is 2.54 bits per heavy atom. The number of ether oxygens (including phenoxy) is 1. The van der Waals surface area contributed by atoms with Crippen molar-refractivity contribution in [1.29, 1.82) is 0 Å². The Kier molecular flexibility index (Phi) is 3.23. The third-order valence-electron chi connectivity index (χ3n) is 3.58. The molecule has 1 aliphatic heterocycles. The topological polar surface area (TPSA) is 29.5 Å². The van der Waals surface area contributed by atoms with Crippen molar-refractivity contribution in [2.24, 2.45) is 11.8 Å². The molecule has 3 atom stereocenters. The van der Waals surface area contributed by atoms with Crippen molar-refractivity contribution in [2.75, 3.05) is 13.2 Å². The van der Waals surface area contributed by atoms with Crippen molar-refractivity contribution in [3.8, 4) is 0 Å². The van der Waals surface area contributed by atoms with Crippen molar-refractivity contribution in [1.82, 2.24) is 0 Å². The van der Waals surface area contributed by atoms with Crippen LogP contribution in [0.3, 0.4) is 0 Å². The molecule has 1 aliphatic carbocycles. The van der Waals surface area contributed by atoms with Gasteiger partial charge in [0.15, 0.2) is 0 Å². The smallest absolute Gasteiger partial charge is 0.0571 e. The number of rotatable bonds is 1. The van der Waals surface area contributed by atoms with Gasteiger partial charge in [-0.3, -0.25) is 0 Å². The first-order chi connectivity index (χ1) is 6.38. The second-order valence-electron chi connectivity index (χ2n) is 4.49. The fourth-order valence-electron chi connectivity index (χ4n) is 2.79. The highest BCUT2D eigenvalue weighted by Gasteiger charge is 2.31. The molecule has 1 heterocycles. The molecule has 0 aromatic heterocycles. The van der Waals surface area contributed by atoms with Gasteiger partial charge in [0, 0.05) is 13.2 Å². The second kappa shape index (κ2) is 4.43. The summed E-state index contributed by atoms with van der Waals surface area (Å²) in [6, 6.07) is 0. The minimum absolute atomic E-state index is 0.0413. The van der Waals surface area contributed by atoms with Gasteiger partial charge in [-0.2, -0.15) is 0 Å². The van der Waals surface area contributed by atoms with Crippen molar-refractivity contribution in [2.45, 2.75) is 44.6 Å². The molecule has 2 aliphatic rings. The predicted molar refractivity (Wildman–Crippen MR) is 51.5 cm³/mol. The van der Waals surface area contributed by atoms with Gasteiger partial charge in [-0.1, -0.05) is 12.8 Å². The van der Waals surface area contributed by atoms with Crippen molar-refractivity contribution < 1.29 is 9.84 Å². The van der Waals surface area contributed by atoms with E-state index in [2.05, 4.69) is 0 Å². The first kappa shape index (κ1) is 9.47. The Bertz CT molecular complexity index is 152. The van der Waals surface area contributed by atoms with Gasteiger partial charge in [0.2, 0.25) is 0 Å². The second-order valence-corrected chi connectivity index (χ2v) is 4.49. The zero-order valence-electron chi connectivity index (χ0n) is 8.24. The van der Waals surface area contributed by atoms with E-state index in [1.54, 1.807) is 0 Å². The molecule has 1 saturated carbocycles. The molecule has 0 spiro atoms. The fourth-order valence-corrected chi connectivity index (χ4v) is 2.79. The van der Waals surface area contributed by atoms with E-state index in [0.29, 0.717) is 11.8 Å². The maximum Gasteiger partial charge on any atom is 0.0571 e. The Morgan fingerprint density at radius 2 is 1.85 bits per heavy atom. The average molecular weight is 184 g/mol. The molecule has 2 fully saturated rings. The lowest BCUT2D eigenvalue weighted by atomic mass is 9.76. The Labute approximate surface area is 80.3 Å². The van der Waals surface area contributed by atoms with E-state index in [4.69, 9.17) is 4.74 Å². The summed E-state index contributed by atoms with van der Waals surface area (Å²) in [6.07, 6.45) is 7.16. The number of aliphatic hydroxyl groups is 1. The Hall–Kier alpha value is -0.0800. The summed E-state index contributed by atoms with van der Waals surface area (Å²) in [5.41, 5.74) is 0. The molecule has 0 bridgehead atoms. The highest BCUT2D eigenvalue weighted by atomic mass is 16.5. The molecule has 0 radical (unpaired) electrons. The van der Waals surface area contributed by atoms with Gasteiger partial charge in [0.05, 0.1) is 6.10 Å². The SMILES string of the molecule is OC1CCCCC1C1CCCOC1. The molecule has 0 amide bonds. The lowest BCUT2D eigenvalue weighted by molar-refractivity contribution is -0.0276. The Morgan fingerprint density at radius 1 is 1.00 bits per heavy atom. The van der Waals surface area contributed by atoms with Crippen molar-refractivity contribution in [3.63, 3.8) is 0 Å². The molecule has 2 rings (SSSR count). The van der Waals surface area contributed by atoms with Crippen LogP contribution in [0.25, 0.3) is 0 Å². The number of hydrogen-bond donors (Lipinski definition) is 1. The largest absolute Gasteiger partial charge is 0.393 e. The van der Waals surface area contributed by atoms with Crippen LogP contribution in [0.1, 0.15) is 38.5 Å². The molecular formula is C11H20O2. The lowest BCUT2D eigenvalue weighted by Crippen LogP contribution is -2.35.